The number of hydrogen-bond acceptors (Lipinski definition) is 8. The number of esters is 4. The summed E-state index contributed by atoms with van der Waals surface area (Å²) < 4.78 is 21.6. The summed E-state index contributed by atoms with van der Waals surface area (Å²) in [6, 6.07) is 0. The third-order valence-electron chi connectivity index (χ3n) is 10.6. The van der Waals surface area contributed by atoms with Crippen LogP contribution in [0.25, 0.3) is 0 Å². The van der Waals surface area contributed by atoms with Crippen LogP contribution in [0.2, 0.25) is 0 Å². The number of fused-ring (bicyclic) bond motifs is 7. The lowest BCUT2D eigenvalue weighted by Crippen LogP contribution is -2.50. The molecule has 0 radical (unpaired) electrons. The van der Waals surface area contributed by atoms with E-state index >= 15 is 0 Å². The average molecular weight is 541 g/mol. The lowest BCUT2D eigenvalue weighted by atomic mass is 9.47. The fourth-order valence-electron chi connectivity index (χ4n) is 9.10. The second-order valence-corrected chi connectivity index (χ2v) is 12.5. The number of allylic oxidation sites excluding steroid dienone is 3. The monoisotopic (exact) mass is 540 g/mol. The Morgan fingerprint density at radius 2 is 1.59 bits per heavy atom. The molecule has 3 fully saturated rings. The van der Waals surface area contributed by atoms with Gasteiger partial charge in [-0.15, -0.1) is 0 Å². The number of ether oxygens (including phenoxy) is 4. The summed E-state index contributed by atoms with van der Waals surface area (Å²) >= 11 is 0. The van der Waals surface area contributed by atoms with Gasteiger partial charge in [0.2, 0.25) is 0 Å². The van der Waals surface area contributed by atoms with E-state index in [0.29, 0.717) is 29.6 Å². The highest BCUT2D eigenvalue weighted by Gasteiger charge is 2.62. The van der Waals surface area contributed by atoms with Crippen LogP contribution in [0.4, 0.5) is 0 Å². The fraction of sp³-hybridized carbons (Fsp3) is 0.677. The van der Waals surface area contributed by atoms with Crippen LogP contribution < -0.4 is 0 Å². The summed E-state index contributed by atoms with van der Waals surface area (Å²) in [5.41, 5.74) is 2.72. The van der Waals surface area contributed by atoms with E-state index < -0.39 is 17.9 Å². The first-order valence-corrected chi connectivity index (χ1v) is 14.1. The van der Waals surface area contributed by atoms with Crippen molar-refractivity contribution in [1.29, 1.82) is 0 Å². The van der Waals surface area contributed by atoms with Crippen molar-refractivity contribution in [3.05, 3.63) is 34.1 Å². The molecule has 3 saturated carbocycles. The SMILES string of the molecule is COC(=O)C1=C(C(=O)OC)[C@H]2C[C@H]3[C@@H]4CC=C5C[C@@H](OC(C)=O)CC[C@]5(C)[C@H]4CC[C@]3(C)C2=C(OC(C)=O)C1. The Kier molecular flexibility index (Phi) is 7.04. The summed E-state index contributed by atoms with van der Waals surface area (Å²) in [6.45, 7) is 7.47. The van der Waals surface area contributed by atoms with Crippen LogP contribution in [0, 0.1) is 34.5 Å². The van der Waals surface area contributed by atoms with E-state index in [1.807, 2.05) is 0 Å². The van der Waals surface area contributed by atoms with E-state index in [0.717, 1.165) is 44.1 Å². The predicted octanol–water partition coefficient (Wildman–Crippen LogP) is 4.97. The molecule has 0 amide bonds. The average Bonchev–Trinajstić information content (AvgIpc) is 3.20. The first-order valence-electron chi connectivity index (χ1n) is 14.1. The summed E-state index contributed by atoms with van der Waals surface area (Å²) in [5.74, 6) is -0.552. The van der Waals surface area contributed by atoms with Gasteiger partial charge in [0.05, 0.1) is 25.4 Å². The Morgan fingerprint density at radius 3 is 2.23 bits per heavy atom. The van der Waals surface area contributed by atoms with Gasteiger partial charge in [0.25, 0.3) is 0 Å². The Labute approximate surface area is 230 Å². The maximum Gasteiger partial charge on any atom is 0.334 e. The third-order valence-corrected chi connectivity index (χ3v) is 10.6. The fourth-order valence-corrected chi connectivity index (χ4v) is 9.10. The summed E-state index contributed by atoms with van der Waals surface area (Å²) in [5, 5.41) is 0. The van der Waals surface area contributed by atoms with Crippen LogP contribution in [0.15, 0.2) is 34.1 Å². The maximum atomic E-state index is 13.1. The van der Waals surface area contributed by atoms with Crippen molar-refractivity contribution in [2.24, 2.45) is 34.5 Å². The van der Waals surface area contributed by atoms with E-state index in [4.69, 9.17) is 18.9 Å². The molecule has 8 nitrogen and oxygen atoms in total. The van der Waals surface area contributed by atoms with Crippen molar-refractivity contribution >= 4 is 23.9 Å². The highest BCUT2D eigenvalue weighted by atomic mass is 16.5. The minimum atomic E-state index is -0.598. The van der Waals surface area contributed by atoms with Crippen molar-refractivity contribution in [3.63, 3.8) is 0 Å². The lowest BCUT2D eigenvalue weighted by molar-refractivity contribution is -0.148. The number of hydrogen-bond donors (Lipinski definition) is 0. The molecule has 5 rings (SSSR count). The van der Waals surface area contributed by atoms with Gasteiger partial charge < -0.3 is 18.9 Å². The number of carbonyl (C=O) groups excluding carboxylic acids is 4. The molecule has 0 N–H and O–H groups in total. The summed E-state index contributed by atoms with van der Waals surface area (Å²) in [7, 11) is 2.62. The van der Waals surface area contributed by atoms with Crippen molar-refractivity contribution in [1.82, 2.24) is 0 Å². The molecule has 8 heteroatoms. The van der Waals surface area contributed by atoms with Crippen LogP contribution in [0.3, 0.4) is 0 Å². The van der Waals surface area contributed by atoms with Crippen molar-refractivity contribution in [2.45, 2.75) is 85.2 Å². The number of carbonyl (C=O) groups is 4. The van der Waals surface area contributed by atoms with Gasteiger partial charge in [-0.3, -0.25) is 9.59 Å². The smallest absolute Gasteiger partial charge is 0.334 e. The lowest BCUT2D eigenvalue weighted by Gasteiger charge is -2.57. The topological polar surface area (TPSA) is 105 Å². The summed E-state index contributed by atoms with van der Waals surface area (Å²) in [4.78, 5) is 49.8. The molecule has 0 heterocycles. The standard InChI is InChI=1S/C31H40O8/c1-16(32)38-19-9-11-30(3)18(13-19)7-8-20-23(30)10-12-31(4)24(20)14-21-26(29(35)37-6)22(28(34)36-5)15-25(27(21)31)39-17(2)33/h7,19-21,23-24H,8-15H2,1-6H3/t19-,20+,21+,23-,24-,30-,31-/m0/s1. The largest absolute Gasteiger partial charge is 0.466 e. The Hall–Kier alpha value is -2.90. The molecule has 0 bridgehead atoms. The molecule has 212 valence electrons. The molecule has 5 aliphatic rings. The molecule has 5 aliphatic carbocycles. The van der Waals surface area contributed by atoms with Gasteiger partial charge in [-0.25, -0.2) is 9.59 Å². The van der Waals surface area contributed by atoms with Gasteiger partial charge in [0.1, 0.15) is 11.9 Å². The predicted molar refractivity (Wildman–Crippen MR) is 141 cm³/mol. The van der Waals surface area contributed by atoms with Crippen molar-refractivity contribution in [2.75, 3.05) is 14.2 Å². The zero-order chi connectivity index (χ0) is 28.3. The van der Waals surface area contributed by atoms with Crippen LogP contribution in [0.1, 0.15) is 79.1 Å². The van der Waals surface area contributed by atoms with Gasteiger partial charge >= 0.3 is 23.9 Å². The quantitative estimate of drug-likeness (QED) is 0.280. The molecule has 0 spiro atoms. The zero-order valence-corrected chi connectivity index (χ0v) is 23.9. The normalized spacial score (nSPS) is 37.0. The first-order chi connectivity index (χ1) is 18.4. The van der Waals surface area contributed by atoms with Crippen LogP contribution >= 0.6 is 0 Å². The van der Waals surface area contributed by atoms with E-state index in [2.05, 4.69) is 19.9 Å². The molecule has 0 aromatic carbocycles. The van der Waals surface area contributed by atoms with E-state index in [1.165, 1.54) is 33.6 Å². The summed E-state index contributed by atoms with van der Waals surface area (Å²) in [6.07, 6.45) is 8.55. The Bertz CT molecular complexity index is 1210. The van der Waals surface area contributed by atoms with Gasteiger partial charge in [-0.2, -0.15) is 0 Å². The molecule has 0 aliphatic heterocycles. The van der Waals surface area contributed by atoms with Crippen LogP contribution in [-0.4, -0.2) is 44.2 Å². The van der Waals surface area contributed by atoms with Gasteiger partial charge in [0.15, 0.2) is 0 Å². The number of rotatable bonds is 4. The highest BCUT2D eigenvalue weighted by molar-refractivity contribution is 6.02. The Morgan fingerprint density at radius 1 is 0.897 bits per heavy atom. The number of methoxy groups -OCH3 is 2. The second-order valence-electron chi connectivity index (χ2n) is 12.5. The Balaban J connectivity index is 1.55. The van der Waals surface area contributed by atoms with Crippen LogP contribution in [0.5, 0.6) is 0 Å². The van der Waals surface area contributed by atoms with Gasteiger partial charge in [-0.05, 0) is 72.7 Å². The van der Waals surface area contributed by atoms with Crippen molar-refractivity contribution in [3.8, 4) is 0 Å². The molecular formula is C31H40O8. The van der Waals surface area contributed by atoms with Gasteiger partial charge in [-0.1, -0.05) is 25.5 Å². The van der Waals surface area contributed by atoms with Crippen molar-refractivity contribution < 1.29 is 38.1 Å². The zero-order valence-electron chi connectivity index (χ0n) is 23.9. The van der Waals surface area contributed by atoms with Gasteiger partial charge in [0, 0.05) is 32.6 Å². The molecule has 0 aromatic heterocycles. The minimum Gasteiger partial charge on any atom is -0.466 e. The van der Waals surface area contributed by atoms with E-state index in [1.54, 1.807) is 0 Å². The van der Waals surface area contributed by atoms with E-state index in [9.17, 15) is 19.2 Å². The molecule has 0 unspecified atom stereocenters. The molecule has 7 atom stereocenters. The maximum absolute atomic E-state index is 13.1. The van der Waals surface area contributed by atoms with Crippen LogP contribution in [-0.2, 0) is 38.1 Å². The second kappa shape index (κ2) is 9.93. The third kappa shape index (κ3) is 4.34. The highest BCUT2D eigenvalue weighted by Crippen LogP contribution is 2.69. The first kappa shape index (κ1) is 27.7. The molecule has 0 saturated heterocycles. The minimum absolute atomic E-state index is 0.0399. The molecular weight excluding hydrogens is 500 g/mol. The molecule has 0 aromatic rings. The van der Waals surface area contributed by atoms with E-state index in [-0.39, 0.29) is 46.7 Å². The molecule has 39 heavy (non-hydrogen) atoms.